The van der Waals surface area contributed by atoms with Crippen molar-refractivity contribution in [3.05, 3.63) is 383 Å². The fourth-order valence-corrected chi connectivity index (χ4v) is 13.4. The van der Waals surface area contributed by atoms with Gasteiger partial charge in [0.25, 0.3) is 0 Å². The Bertz CT molecular complexity index is 4890. The number of benzene rings is 13. The molecule has 0 N–H and O–H groups in total. The third-order valence-electron chi connectivity index (χ3n) is 18.0. The summed E-state index contributed by atoms with van der Waals surface area (Å²) in [5.41, 5.74) is 31.5. The first kappa shape index (κ1) is 61.2. The van der Waals surface area contributed by atoms with Crippen LogP contribution in [0.4, 0.5) is 0 Å². The molecule has 0 atom stereocenters. The van der Waals surface area contributed by atoms with Crippen molar-refractivity contribution in [2.24, 2.45) is 0 Å². The van der Waals surface area contributed by atoms with Gasteiger partial charge in [0.1, 0.15) is 0 Å². The van der Waals surface area contributed by atoms with Gasteiger partial charge in [-0.25, -0.2) is 0 Å². The first-order chi connectivity index (χ1) is 47.6. The summed E-state index contributed by atoms with van der Waals surface area (Å²) in [6, 6.07) is 135. The number of hydrogen-bond donors (Lipinski definition) is 0. The summed E-state index contributed by atoms with van der Waals surface area (Å²) in [5.74, 6) is 0. The molecule has 0 aliphatic rings. The van der Waals surface area contributed by atoms with E-state index in [-0.39, 0.29) is 20.1 Å². The molecule has 13 aromatic carbocycles. The van der Waals surface area contributed by atoms with Gasteiger partial charge in [-0.3, -0.25) is 0 Å². The molecule has 3 aromatic heterocycles. The van der Waals surface area contributed by atoms with E-state index in [1.165, 1.54) is 0 Å². The van der Waals surface area contributed by atoms with Gasteiger partial charge in [0.05, 0.1) is 0 Å². The maximum atomic E-state index is 4.82. The summed E-state index contributed by atoms with van der Waals surface area (Å²) in [6.45, 7) is 0. The molecule has 0 aliphatic carbocycles. The van der Waals surface area contributed by atoms with E-state index in [4.69, 9.17) is 15.0 Å². The minimum Gasteiger partial charge on any atom is -0.305 e. The van der Waals surface area contributed by atoms with Crippen LogP contribution in [0.15, 0.2) is 364 Å². The molecule has 0 amide bonds. The second-order valence-corrected chi connectivity index (χ2v) is 23.9. The monoisotopic (exact) mass is 1410 g/mol. The van der Waals surface area contributed by atoms with Gasteiger partial charge >= 0.3 is 20.1 Å². The van der Waals surface area contributed by atoms with Crippen molar-refractivity contribution in [2.45, 2.75) is 0 Å². The molecule has 3 nitrogen and oxygen atoms in total. The fourth-order valence-electron chi connectivity index (χ4n) is 13.4. The molecule has 0 radical (unpaired) electrons. The Morgan fingerprint density at radius 1 is 0.165 bits per heavy atom. The summed E-state index contributed by atoms with van der Waals surface area (Å²) in [5, 5.41) is 0. The Morgan fingerprint density at radius 3 is 0.680 bits per heavy atom. The van der Waals surface area contributed by atoms with Crippen LogP contribution in [-0.2, 0) is 20.1 Å². The van der Waals surface area contributed by atoms with Crippen LogP contribution in [0.5, 0.6) is 0 Å². The normalized spacial score (nSPS) is 11.0. The van der Waals surface area contributed by atoms with Crippen LogP contribution in [0.3, 0.4) is 0 Å². The van der Waals surface area contributed by atoms with E-state index in [0.717, 1.165) is 167 Å². The van der Waals surface area contributed by atoms with Gasteiger partial charge < -0.3 is 15.0 Å². The SMILES string of the molecule is [Ir+3].[c-]1cc(-c2ccccc2-c2cc(-c3ccccc3-c3c[c-]c(-c4ccccn4)cc3-c3cccc(-c4ccccc4)c3)cc(-c3ccccc3-c3c[c-]c(-c4ccccn4)cc3-c3cccc(-c4ccccc4)c3)c2)c(-c2cccc(-c3ccccc3)c2)cc1-c1ccccn1. The van der Waals surface area contributed by atoms with E-state index in [9.17, 15) is 0 Å². The van der Waals surface area contributed by atoms with Gasteiger partial charge in [-0.15, -0.1) is 71.3 Å². The third-order valence-corrected chi connectivity index (χ3v) is 18.0. The molecule has 0 saturated heterocycles. The van der Waals surface area contributed by atoms with Gasteiger partial charge in [0, 0.05) is 18.6 Å². The smallest absolute Gasteiger partial charge is 0.305 e. The summed E-state index contributed by atoms with van der Waals surface area (Å²) in [6.07, 6.45) is 5.55. The average Bonchev–Trinajstić information content (AvgIpc) is 0.829. The van der Waals surface area contributed by atoms with E-state index in [2.05, 4.69) is 328 Å². The Labute approximate surface area is 580 Å². The molecule has 0 fully saturated rings. The van der Waals surface area contributed by atoms with Gasteiger partial charge in [-0.2, -0.15) is 0 Å². The zero-order valence-corrected chi connectivity index (χ0v) is 55.2. The summed E-state index contributed by atoms with van der Waals surface area (Å²) in [4.78, 5) is 14.5. The first-order valence-electron chi connectivity index (χ1n) is 32.4. The predicted octanol–water partition coefficient (Wildman–Crippen LogP) is 24.3. The maximum absolute atomic E-state index is 4.82. The topological polar surface area (TPSA) is 38.7 Å². The van der Waals surface area contributed by atoms with Crippen LogP contribution in [-0.4, -0.2) is 15.0 Å². The molecule has 0 unspecified atom stereocenters. The second kappa shape index (κ2) is 27.9. The van der Waals surface area contributed by atoms with E-state index in [1.54, 1.807) is 0 Å². The molecular weight excluding hydrogens is 1350 g/mol. The van der Waals surface area contributed by atoms with Gasteiger partial charge in [0.2, 0.25) is 0 Å². The number of pyridine rings is 3. The summed E-state index contributed by atoms with van der Waals surface area (Å²) in [7, 11) is 0. The van der Waals surface area contributed by atoms with Crippen molar-refractivity contribution in [2.75, 3.05) is 0 Å². The van der Waals surface area contributed by atoms with Crippen LogP contribution < -0.4 is 0 Å². The fraction of sp³-hybridized carbons (Fsp3) is 0. The number of hydrogen-bond acceptors (Lipinski definition) is 3. The van der Waals surface area contributed by atoms with E-state index < -0.39 is 0 Å². The number of aromatic nitrogens is 3. The quantitative estimate of drug-likeness (QED) is 0.0960. The molecule has 16 rings (SSSR count). The third kappa shape index (κ3) is 12.8. The van der Waals surface area contributed by atoms with Crippen molar-refractivity contribution in [1.29, 1.82) is 0 Å². The van der Waals surface area contributed by atoms with Crippen LogP contribution in [0.1, 0.15) is 0 Å². The summed E-state index contributed by atoms with van der Waals surface area (Å²) >= 11 is 0. The Kier molecular flexibility index (Phi) is 17.6. The molecule has 0 saturated carbocycles. The zero-order valence-electron chi connectivity index (χ0n) is 52.8. The number of nitrogens with zero attached hydrogens (tertiary/aromatic N) is 3. The largest absolute Gasteiger partial charge is 3.00 e. The summed E-state index contributed by atoms with van der Waals surface area (Å²) < 4.78 is 0. The van der Waals surface area contributed by atoms with Crippen molar-refractivity contribution < 1.29 is 20.1 Å². The minimum absolute atomic E-state index is 0. The van der Waals surface area contributed by atoms with Crippen molar-refractivity contribution >= 4 is 0 Å². The molecule has 3 heterocycles. The Hall–Kier alpha value is -12.0. The molecule has 0 aliphatic heterocycles. The van der Waals surface area contributed by atoms with Gasteiger partial charge in [-0.05, 0) is 155 Å². The maximum Gasteiger partial charge on any atom is 3.00 e. The molecule has 16 aromatic rings. The molecule has 4 heteroatoms. The Morgan fingerprint density at radius 2 is 0.402 bits per heavy atom. The van der Waals surface area contributed by atoms with Crippen LogP contribution in [0.2, 0.25) is 0 Å². The van der Waals surface area contributed by atoms with E-state index in [0.29, 0.717) is 0 Å². The van der Waals surface area contributed by atoms with Crippen LogP contribution in [0, 0.1) is 18.2 Å². The van der Waals surface area contributed by atoms with Gasteiger partial charge in [0.15, 0.2) is 0 Å². The molecule has 97 heavy (non-hydrogen) atoms. The van der Waals surface area contributed by atoms with Crippen LogP contribution in [0.25, 0.3) is 167 Å². The number of rotatable bonds is 15. The van der Waals surface area contributed by atoms with Crippen molar-refractivity contribution in [3.8, 4) is 167 Å². The molecule has 0 spiro atoms. The zero-order chi connectivity index (χ0) is 64.0. The van der Waals surface area contributed by atoms with Crippen molar-refractivity contribution in [3.63, 3.8) is 0 Å². The van der Waals surface area contributed by atoms with E-state index >= 15 is 0 Å². The molecule has 0 bridgehead atoms. The molecular formula is C93H60IrN3. The van der Waals surface area contributed by atoms with E-state index in [1.807, 2.05) is 55.0 Å². The standard InChI is InChI=1S/C93H60N3.Ir/c1-4-25-64(26-5-1)67-31-22-34-70(55-67)88-61-73(91-43-16-19-52-94-91)46-49-85(88)82-40-13-10-37-79(82)76-58-77(80-38-11-14-41-83(80)86-50-47-74(92-44-17-20-53-95-92)62-89(86)71-35-23-32-68(56-71)65-27-6-2-7-28-65)60-78(59-76)81-39-12-15-42-84(81)87-51-48-75(93-45-18-21-54-96-93)63-90(87)72-36-24-33-69(57-72)66-29-8-3-9-30-66;/h1-45,49-63H;/q-3;+3. The van der Waals surface area contributed by atoms with Crippen LogP contribution >= 0.6 is 0 Å². The average molecular weight is 1410 g/mol. The van der Waals surface area contributed by atoms with Crippen molar-refractivity contribution in [1.82, 2.24) is 15.0 Å². The Balaban J connectivity index is 0.00000770. The first-order valence-corrected chi connectivity index (χ1v) is 32.4. The second-order valence-electron chi connectivity index (χ2n) is 23.9. The van der Waals surface area contributed by atoms with Gasteiger partial charge in [-0.1, -0.05) is 305 Å². The predicted molar refractivity (Wildman–Crippen MR) is 398 cm³/mol. The minimum atomic E-state index is 0. The molecule has 456 valence electrons.